The Labute approximate surface area is 209 Å². The van der Waals surface area contributed by atoms with Crippen LogP contribution in [0.25, 0.3) is 33.1 Å². The highest BCUT2D eigenvalue weighted by Gasteiger charge is 2.27. The number of H-pyrrole nitrogens is 1. The van der Waals surface area contributed by atoms with E-state index in [9.17, 15) is 4.79 Å². The number of benzene rings is 2. The molecule has 1 atom stereocenters. The number of likely N-dealkylation sites (tertiary alicyclic amines) is 1. The van der Waals surface area contributed by atoms with Crippen LogP contribution < -0.4 is 0 Å². The predicted octanol–water partition coefficient (Wildman–Crippen LogP) is 5.76. The zero-order valence-electron chi connectivity index (χ0n) is 20.5. The summed E-state index contributed by atoms with van der Waals surface area (Å²) in [6, 6.07) is 18.5. The molecule has 0 radical (unpaired) electrons. The summed E-state index contributed by atoms with van der Waals surface area (Å²) in [6.45, 7) is 4.30. The van der Waals surface area contributed by atoms with Crippen LogP contribution in [0.1, 0.15) is 53.3 Å². The van der Waals surface area contributed by atoms with E-state index in [1.54, 1.807) is 12.1 Å². The highest BCUT2D eigenvalue weighted by Crippen LogP contribution is 2.36. The molecule has 7 nitrogen and oxygen atoms in total. The van der Waals surface area contributed by atoms with Gasteiger partial charge in [-0.15, -0.1) is 0 Å². The van der Waals surface area contributed by atoms with Gasteiger partial charge in [-0.1, -0.05) is 18.2 Å². The number of hydrogen-bond acceptors (Lipinski definition) is 4. The molecule has 2 aromatic carbocycles. The number of nitrogens with zero attached hydrogens (tertiary/aromatic N) is 4. The number of pyridine rings is 1. The number of nitrogens with one attached hydrogen (secondary N) is 1. The zero-order chi connectivity index (χ0) is 24.8. The Hall–Kier alpha value is -3.97. The highest BCUT2D eigenvalue weighted by atomic mass is 16.4. The van der Waals surface area contributed by atoms with E-state index in [1.807, 2.05) is 24.5 Å². The summed E-state index contributed by atoms with van der Waals surface area (Å²) in [7, 11) is 2.11. The Bertz CT molecular complexity index is 1560. The summed E-state index contributed by atoms with van der Waals surface area (Å²) in [5, 5.41) is 18.6. The number of aromatic amines is 1. The first-order valence-corrected chi connectivity index (χ1v) is 12.4. The van der Waals surface area contributed by atoms with E-state index in [4.69, 9.17) is 10.1 Å². The van der Waals surface area contributed by atoms with E-state index in [0.717, 1.165) is 53.4 Å². The molecule has 2 N–H and O–H groups in total. The average Bonchev–Trinajstić information content (AvgIpc) is 3.52. The van der Waals surface area contributed by atoms with Gasteiger partial charge in [0.1, 0.15) is 5.65 Å². The molecule has 4 heterocycles. The van der Waals surface area contributed by atoms with Gasteiger partial charge in [0, 0.05) is 35.8 Å². The fourth-order valence-corrected chi connectivity index (χ4v) is 5.71. The molecule has 5 aromatic rings. The molecule has 0 amide bonds. The summed E-state index contributed by atoms with van der Waals surface area (Å²) in [4.78, 5) is 18.4. The molecule has 36 heavy (non-hydrogen) atoms. The SMILES string of the molecule is C[C@H](c1cc2c(-c3ccc4[nH]ncc4c3)ccnc2n1C)N1CCC(c2ccc(C(=O)O)cc2)CC1. The Morgan fingerprint density at radius 2 is 1.86 bits per heavy atom. The molecule has 1 aliphatic heterocycles. The van der Waals surface area contributed by atoms with Gasteiger partial charge in [-0.05, 0) is 91.9 Å². The van der Waals surface area contributed by atoms with Crippen molar-refractivity contribution in [1.29, 1.82) is 0 Å². The summed E-state index contributed by atoms with van der Waals surface area (Å²) < 4.78 is 2.23. The summed E-state index contributed by atoms with van der Waals surface area (Å²) in [5.74, 6) is -0.408. The van der Waals surface area contributed by atoms with E-state index in [0.29, 0.717) is 11.5 Å². The topological polar surface area (TPSA) is 87.0 Å². The molecule has 1 aliphatic rings. The van der Waals surface area contributed by atoms with E-state index in [1.165, 1.54) is 16.8 Å². The molecule has 7 heteroatoms. The Kier molecular flexibility index (Phi) is 5.57. The quantitative estimate of drug-likeness (QED) is 0.335. The van der Waals surface area contributed by atoms with Crippen LogP contribution in [0.4, 0.5) is 0 Å². The smallest absolute Gasteiger partial charge is 0.335 e. The first-order valence-electron chi connectivity index (χ1n) is 12.4. The lowest BCUT2D eigenvalue weighted by molar-refractivity contribution is 0.0697. The van der Waals surface area contributed by atoms with Crippen molar-refractivity contribution >= 4 is 27.9 Å². The lowest BCUT2D eigenvalue weighted by atomic mass is 9.88. The van der Waals surface area contributed by atoms with Gasteiger partial charge >= 0.3 is 5.97 Å². The van der Waals surface area contributed by atoms with E-state index >= 15 is 0 Å². The van der Waals surface area contributed by atoms with E-state index in [2.05, 4.69) is 64.0 Å². The van der Waals surface area contributed by atoms with Crippen LogP contribution in [0.15, 0.2) is 67.0 Å². The van der Waals surface area contributed by atoms with Gasteiger partial charge in [0.2, 0.25) is 0 Å². The number of carboxylic acid groups (broad SMARTS) is 1. The molecular weight excluding hydrogens is 450 g/mol. The maximum atomic E-state index is 11.2. The van der Waals surface area contributed by atoms with Gasteiger partial charge in [0.05, 0.1) is 17.3 Å². The standard InChI is InChI=1S/C29H29N5O2/c1-18(34-13-10-20(11-14-34)19-3-5-21(6-4-19)29(35)36)27-16-25-24(9-12-30-28(25)33(27)2)22-7-8-26-23(15-22)17-31-32-26/h3-9,12,15-18,20H,10-11,13-14H2,1-2H3,(H,31,32)(H,35,36)/t18-/m1/s1. The van der Waals surface area contributed by atoms with Crippen LogP contribution in [-0.4, -0.2) is 48.8 Å². The second kappa shape index (κ2) is 8.91. The van der Waals surface area contributed by atoms with Gasteiger partial charge in [-0.3, -0.25) is 10.00 Å². The van der Waals surface area contributed by atoms with Crippen LogP contribution in [0.5, 0.6) is 0 Å². The Morgan fingerprint density at radius 1 is 1.08 bits per heavy atom. The second-order valence-electron chi connectivity index (χ2n) is 9.81. The number of aryl methyl sites for hydroxylation is 1. The van der Waals surface area contributed by atoms with E-state index < -0.39 is 5.97 Å². The minimum absolute atomic E-state index is 0.267. The molecule has 0 unspecified atom stereocenters. The summed E-state index contributed by atoms with van der Waals surface area (Å²) in [5.41, 5.74) is 7.22. The third kappa shape index (κ3) is 3.85. The first-order chi connectivity index (χ1) is 17.5. The molecule has 1 fully saturated rings. The summed E-state index contributed by atoms with van der Waals surface area (Å²) in [6.07, 6.45) is 5.89. The van der Waals surface area contributed by atoms with Crippen molar-refractivity contribution in [3.05, 3.63) is 83.8 Å². The largest absolute Gasteiger partial charge is 0.478 e. The Balaban J connectivity index is 1.24. The van der Waals surface area contributed by atoms with Gasteiger partial charge < -0.3 is 9.67 Å². The number of aromatic nitrogens is 4. The second-order valence-corrected chi connectivity index (χ2v) is 9.81. The van der Waals surface area contributed by atoms with Crippen molar-refractivity contribution in [3.63, 3.8) is 0 Å². The fourth-order valence-electron chi connectivity index (χ4n) is 5.71. The van der Waals surface area contributed by atoms with Gasteiger partial charge in [-0.2, -0.15) is 5.10 Å². The van der Waals surface area contributed by atoms with Crippen LogP contribution in [-0.2, 0) is 7.05 Å². The molecule has 3 aromatic heterocycles. The molecular formula is C29H29N5O2. The average molecular weight is 480 g/mol. The van der Waals surface area contributed by atoms with Crippen LogP contribution in [0.3, 0.4) is 0 Å². The normalized spacial score (nSPS) is 16.1. The monoisotopic (exact) mass is 479 g/mol. The number of piperidine rings is 1. The maximum absolute atomic E-state index is 11.2. The fraction of sp³-hybridized carbons (Fsp3) is 0.276. The van der Waals surface area contributed by atoms with Gasteiger partial charge in [0.25, 0.3) is 0 Å². The molecule has 182 valence electrons. The molecule has 0 bridgehead atoms. The third-order valence-corrected chi connectivity index (χ3v) is 7.85. The number of aromatic carboxylic acids is 1. The number of rotatable bonds is 5. The van der Waals surface area contributed by atoms with Crippen molar-refractivity contribution in [2.24, 2.45) is 7.05 Å². The minimum atomic E-state index is -0.875. The molecule has 6 rings (SSSR count). The van der Waals surface area contributed by atoms with Crippen molar-refractivity contribution < 1.29 is 9.90 Å². The van der Waals surface area contributed by atoms with Crippen molar-refractivity contribution in [2.75, 3.05) is 13.1 Å². The number of hydrogen-bond donors (Lipinski definition) is 2. The van der Waals surface area contributed by atoms with Crippen molar-refractivity contribution in [1.82, 2.24) is 24.6 Å². The van der Waals surface area contributed by atoms with Crippen LogP contribution in [0.2, 0.25) is 0 Å². The first kappa shape index (κ1) is 22.5. The molecule has 0 spiro atoms. The minimum Gasteiger partial charge on any atom is -0.478 e. The highest BCUT2D eigenvalue weighted by molar-refractivity contribution is 5.96. The molecule has 0 saturated carbocycles. The van der Waals surface area contributed by atoms with Crippen molar-refractivity contribution in [2.45, 2.75) is 31.7 Å². The number of fused-ring (bicyclic) bond motifs is 2. The molecule has 0 aliphatic carbocycles. The zero-order valence-corrected chi connectivity index (χ0v) is 20.5. The van der Waals surface area contributed by atoms with Crippen molar-refractivity contribution in [3.8, 4) is 11.1 Å². The number of carbonyl (C=O) groups is 1. The Morgan fingerprint density at radius 3 is 2.61 bits per heavy atom. The van der Waals surface area contributed by atoms with E-state index in [-0.39, 0.29) is 6.04 Å². The van der Waals surface area contributed by atoms with Crippen LogP contribution in [0, 0.1) is 0 Å². The predicted molar refractivity (Wildman–Crippen MR) is 141 cm³/mol. The van der Waals surface area contributed by atoms with Gasteiger partial charge in [0.15, 0.2) is 0 Å². The number of carboxylic acids is 1. The maximum Gasteiger partial charge on any atom is 0.335 e. The molecule has 1 saturated heterocycles. The lowest BCUT2D eigenvalue weighted by Crippen LogP contribution is -2.35. The van der Waals surface area contributed by atoms with Gasteiger partial charge in [-0.25, -0.2) is 9.78 Å². The summed E-state index contributed by atoms with van der Waals surface area (Å²) >= 11 is 0. The lowest BCUT2D eigenvalue weighted by Gasteiger charge is -2.36. The third-order valence-electron chi connectivity index (χ3n) is 7.85. The van der Waals surface area contributed by atoms with Crippen LogP contribution >= 0.6 is 0 Å².